The fraction of sp³-hybridized carbons (Fsp3) is 0.733. The summed E-state index contributed by atoms with van der Waals surface area (Å²) in [7, 11) is 0. The minimum atomic E-state index is -4.21. The molecule has 0 aromatic heterocycles. The molecule has 0 saturated carbocycles. The molecule has 1 aliphatic heterocycles. The van der Waals surface area contributed by atoms with Gasteiger partial charge in [-0.3, -0.25) is 0 Å². The zero-order chi connectivity index (χ0) is 14.4. The van der Waals surface area contributed by atoms with E-state index in [0.29, 0.717) is 11.6 Å². The minimum absolute atomic E-state index is 0.0229. The molecule has 0 amide bonds. The maximum atomic E-state index is 12.9. The molecule has 0 aromatic rings. The fourth-order valence-electron chi connectivity index (χ4n) is 2.94. The van der Waals surface area contributed by atoms with Crippen molar-refractivity contribution >= 4 is 0 Å². The molecule has 2 rings (SSSR count). The SMILES string of the molecule is CC1CC(C(F)(F)F)=CC2=C1CC[C@H](C)C(C)(C)N2. The number of nitrogens with one attached hydrogen (secondary N) is 1. The molecular weight excluding hydrogens is 251 g/mol. The van der Waals surface area contributed by atoms with Crippen LogP contribution >= 0.6 is 0 Å². The lowest BCUT2D eigenvalue weighted by Gasteiger charge is -2.34. The Bertz CT molecular complexity index is 429. The Balaban J connectivity index is 2.39. The number of alkyl halides is 3. The van der Waals surface area contributed by atoms with Crippen molar-refractivity contribution in [2.24, 2.45) is 11.8 Å². The summed E-state index contributed by atoms with van der Waals surface area (Å²) in [6.45, 7) is 8.19. The second-order valence-corrected chi connectivity index (χ2v) is 6.50. The monoisotopic (exact) mass is 273 g/mol. The van der Waals surface area contributed by atoms with E-state index < -0.39 is 11.7 Å². The van der Waals surface area contributed by atoms with E-state index >= 15 is 0 Å². The average Bonchev–Trinajstić information content (AvgIpc) is 2.35. The molecule has 0 radical (unpaired) electrons. The summed E-state index contributed by atoms with van der Waals surface area (Å²) >= 11 is 0. The predicted octanol–water partition coefficient (Wildman–Crippen LogP) is 4.57. The molecule has 2 atom stereocenters. The van der Waals surface area contributed by atoms with Crippen LogP contribution in [0, 0.1) is 11.8 Å². The van der Waals surface area contributed by atoms with Gasteiger partial charge in [0.05, 0.1) is 0 Å². The third-order valence-electron chi connectivity index (χ3n) is 4.69. The summed E-state index contributed by atoms with van der Waals surface area (Å²) in [5, 5.41) is 3.34. The third kappa shape index (κ3) is 2.82. The van der Waals surface area contributed by atoms with E-state index in [-0.39, 0.29) is 17.9 Å². The van der Waals surface area contributed by atoms with E-state index in [1.807, 2.05) is 6.92 Å². The highest BCUT2D eigenvalue weighted by Crippen LogP contribution is 2.42. The molecule has 108 valence electrons. The zero-order valence-electron chi connectivity index (χ0n) is 12.0. The first-order valence-electron chi connectivity index (χ1n) is 6.90. The number of halogens is 3. The van der Waals surface area contributed by atoms with E-state index in [4.69, 9.17) is 0 Å². The Morgan fingerprint density at radius 3 is 2.47 bits per heavy atom. The van der Waals surface area contributed by atoms with Crippen LogP contribution in [0.2, 0.25) is 0 Å². The second-order valence-electron chi connectivity index (χ2n) is 6.50. The molecule has 0 aromatic carbocycles. The van der Waals surface area contributed by atoms with Gasteiger partial charge in [0, 0.05) is 16.8 Å². The molecule has 1 heterocycles. The van der Waals surface area contributed by atoms with Gasteiger partial charge in [-0.15, -0.1) is 0 Å². The molecule has 1 unspecified atom stereocenters. The van der Waals surface area contributed by atoms with Crippen molar-refractivity contribution < 1.29 is 13.2 Å². The molecule has 0 spiro atoms. The number of hydrogen-bond donors (Lipinski definition) is 1. The summed E-state index contributed by atoms with van der Waals surface area (Å²) < 4.78 is 38.8. The lowest BCUT2D eigenvalue weighted by molar-refractivity contribution is -0.0952. The van der Waals surface area contributed by atoms with Gasteiger partial charge in [-0.1, -0.05) is 13.8 Å². The highest BCUT2D eigenvalue weighted by Gasteiger charge is 2.39. The highest BCUT2D eigenvalue weighted by molar-refractivity contribution is 5.37. The lowest BCUT2D eigenvalue weighted by Crippen LogP contribution is -2.43. The maximum absolute atomic E-state index is 12.9. The van der Waals surface area contributed by atoms with Crippen molar-refractivity contribution in [2.45, 2.75) is 58.7 Å². The second kappa shape index (κ2) is 4.57. The predicted molar refractivity (Wildman–Crippen MR) is 70.6 cm³/mol. The molecular formula is C15H22F3N. The highest BCUT2D eigenvalue weighted by atomic mass is 19.4. The van der Waals surface area contributed by atoms with Crippen LogP contribution in [0.1, 0.15) is 47.0 Å². The van der Waals surface area contributed by atoms with Crippen LogP contribution in [-0.2, 0) is 0 Å². The van der Waals surface area contributed by atoms with Crippen molar-refractivity contribution in [2.75, 3.05) is 0 Å². The van der Waals surface area contributed by atoms with Crippen LogP contribution in [0.25, 0.3) is 0 Å². The summed E-state index contributed by atoms with van der Waals surface area (Å²) in [6, 6.07) is 0. The smallest absolute Gasteiger partial charge is 0.380 e. The first-order chi connectivity index (χ1) is 8.61. The van der Waals surface area contributed by atoms with Crippen LogP contribution in [0.4, 0.5) is 13.2 Å². The molecule has 1 nitrogen and oxygen atoms in total. The van der Waals surface area contributed by atoms with E-state index in [2.05, 4.69) is 26.1 Å². The van der Waals surface area contributed by atoms with Gasteiger partial charge in [0.2, 0.25) is 0 Å². The molecule has 0 saturated heterocycles. The van der Waals surface area contributed by atoms with E-state index in [1.54, 1.807) is 0 Å². The topological polar surface area (TPSA) is 12.0 Å². The minimum Gasteiger partial charge on any atom is -0.380 e. The Morgan fingerprint density at radius 1 is 1.26 bits per heavy atom. The number of hydrogen-bond acceptors (Lipinski definition) is 1. The maximum Gasteiger partial charge on any atom is 0.412 e. The summed E-state index contributed by atoms with van der Waals surface area (Å²) in [5.74, 6) is 0.415. The van der Waals surface area contributed by atoms with Crippen molar-refractivity contribution in [3.63, 3.8) is 0 Å². The number of rotatable bonds is 0. The van der Waals surface area contributed by atoms with Crippen LogP contribution in [0.15, 0.2) is 22.9 Å². The van der Waals surface area contributed by atoms with Crippen LogP contribution < -0.4 is 5.32 Å². The van der Waals surface area contributed by atoms with Crippen molar-refractivity contribution in [3.8, 4) is 0 Å². The molecule has 0 fully saturated rings. The van der Waals surface area contributed by atoms with E-state index in [9.17, 15) is 13.2 Å². The fourth-order valence-corrected chi connectivity index (χ4v) is 2.94. The Hall–Kier alpha value is -0.930. The van der Waals surface area contributed by atoms with Gasteiger partial charge >= 0.3 is 6.18 Å². The Labute approximate surface area is 113 Å². The van der Waals surface area contributed by atoms with Gasteiger partial charge in [0.15, 0.2) is 0 Å². The average molecular weight is 273 g/mol. The Kier molecular flexibility index (Phi) is 3.48. The molecule has 1 N–H and O–H groups in total. The van der Waals surface area contributed by atoms with Gasteiger partial charge in [0.1, 0.15) is 0 Å². The van der Waals surface area contributed by atoms with Gasteiger partial charge < -0.3 is 5.32 Å². The van der Waals surface area contributed by atoms with Crippen LogP contribution in [-0.4, -0.2) is 11.7 Å². The Morgan fingerprint density at radius 2 is 1.89 bits per heavy atom. The molecule has 1 aliphatic carbocycles. The third-order valence-corrected chi connectivity index (χ3v) is 4.69. The molecule has 4 heteroatoms. The number of allylic oxidation sites excluding steroid dienone is 3. The van der Waals surface area contributed by atoms with Crippen molar-refractivity contribution in [1.29, 1.82) is 0 Å². The van der Waals surface area contributed by atoms with Crippen molar-refractivity contribution in [1.82, 2.24) is 5.32 Å². The first-order valence-corrected chi connectivity index (χ1v) is 6.90. The standard InChI is InChI=1S/C15H22F3N/c1-9-7-11(15(16,17)18)8-13-12(9)6-5-10(2)14(3,4)19-13/h8-10,19H,5-7H2,1-4H3/t9?,10-/m0/s1. The van der Waals surface area contributed by atoms with Gasteiger partial charge in [0.25, 0.3) is 0 Å². The van der Waals surface area contributed by atoms with E-state index in [0.717, 1.165) is 18.4 Å². The largest absolute Gasteiger partial charge is 0.412 e. The molecule has 2 aliphatic rings. The van der Waals surface area contributed by atoms with Crippen molar-refractivity contribution in [3.05, 3.63) is 22.9 Å². The van der Waals surface area contributed by atoms with Gasteiger partial charge in [-0.05, 0) is 56.6 Å². The lowest BCUT2D eigenvalue weighted by atomic mass is 9.83. The molecule has 19 heavy (non-hydrogen) atoms. The van der Waals surface area contributed by atoms with Gasteiger partial charge in [-0.25, -0.2) is 0 Å². The summed E-state index contributed by atoms with van der Waals surface area (Å²) in [5.41, 5.74) is 1.30. The quantitative estimate of drug-likeness (QED) is 0.682. The summed E-state index contributed by atoms with van der Waals surface area (Å²) in [6.07, 6.45) is -0.849. The van der Waals surface area contributed by atoms with Gasteiger partial charge in [-0.2, -0.15) is 13.2 Å². The van der Waals surface area contributed by atoms with Crippen LogP contribution in [0.5, 0.6) is 0 Å². The zero-order valence-corrected chi connectivity index (χ0v) is 12.0. The van der Waals surface area contributed by atoms with E-state index in [1.165, 1.54) is 6.08 Å². The normalized spacial score (nSPS) is 31.2. The molecule has 0 bridgehead atoms. The summed E-state index contributed by atoms with van der Waals surface area (Å²) in [4.78, 5) is 0. The van der Waals surface area contributed by atoms with Crippen LogP contribution in [0.3, 0.4) is 0 Å². The first kappa shape index (κ1) is 14.5.